The highest BCUT2D eigenvalue weighted by molar-refractivity contribution is 6.30. The van der Waals surface area contributed by atoms with Crippen LogP contribution in [0, 0.1) is 11.3 Å². The quantitative estimate of drug-likeness (QED) is 0.787. The summed E-state index contributed by atoms with van der Waals surface area (Å²) in [7, 11) is 1.56. The van der Waals surface area contributed by atoms with Crippen LogP contribution in [-0.4, -0.2) is 42.6 Å². The summed E-state index contributed by atoms with van der Waals surface area (Å²) in [6.07, 6.45) is 1.70. The summed E-state index contributed by atoms with van der Waals surface area (Å²) in [5.41, 5.74) is 0.313. The molecule has 1 amide bonds. The monoisotopic (exact) mass is 267 g/mol. The first-order valence-electron chi connectivity index (χ1n) is 5.45. The van der Waals surface area contributed by atoms with E-state index in [1.54, 1.807) is 24.1 Å². The summed E-state index contributed by atoms with van der Waals surface area (Å²) in [5, 5.41) is 9.06. The van der Waals surface area contributed by atoms with Crippen LogP contribution < -0.4 is 0 Å². The summed E-state index contributed by atoms with van der Waals surface area (Å²) < 4.78 is 4.94. The lowest BCUT2D eigenvalue weighted by molar-refractivity contribution is 0.0694. The van der Waals surface area contributed by atoms with Gasteiger partial charge in [-0.15, -0.1) is 0 Å². The van der Waals surface area contributed by atoms with Gasteiger partial charge in [0, 0.05) is 26.4 Å². The van der Waals surface area contributed by atoms with E-state index in [0.717, 1.165) is 0 Å². The van der Waals surface area contributed by atoms with Crippen molar-refractivity contribution in [2.45, 2.75) is 6.42 Å². The van der Waals surface area contributed by atoms with Crippen LogP contribution in [0.4, 0.5) is 0 Å². The number of amides is 1. The lowest BCUT2D eigenvalue weighted by Gasteiger charge is -2.20. The standard InChI is InChI=1S/C12H14ClN3O2/c1-18-8-7-16(6-2-5-14)12(17)11-4-3-10(13)9-15-11/h3-4,9H,2,6-8H2,1H3. The maximum absolute atomic E-state index is 12.1. The zero-order chi connectivity index (χ0) is 13.4. The Balaban J connectivity index is 2.74. The van der Waals surface area contributed by atoms with Crippen LogP contribution in [0.3, 0.4) is 0 Å². The fraction of sp³-hybridized carbons (Fsp3) is 0.417. The molecule has 1 rings (SSSR count). The molecule has 1 aromatic rings. The largest absolute Gasteiger partial charge is 0.383 e. The van der Waals surface area contributed by atoms with E-state index >= 15 is 0 Å². The zero-order valence-electron chi connectivity index (χ0n) is 10.1. The molecule has 0 saturated carbocycles. The number of nitrogens with zero attached hydrogens (tertiary/aromatic N) is 3. The molecule has 0 aliphatic heterocycles. The highest BCUT2D eigenvalue weighted by Gasteiger charge is 2.16. The second-order valence-corrected chi connectivity index (χ2v) is 3.99. The Labute approximate surface area is 111 Å². The molecule has 0 unspecified atom stereocenters. The molecule has 18 heavy (non-hydrogen) atoms. The van der Waals surface area contributed by atoms with Gasteiger partial charge in [0.25, 0.3) is 5.91 Å². The van der Waals surface area contributed by atoms with E-state index < -0.39 is 0 Å². The molecule has 0 N–H and O–H groups in total. The van der Waals surface area contributed by atoms with Gasteiger partial charge in [-0.2, -0.15) is 5.26 Å². The third-order valence-corrected chi connectivity index (χ3v) is 2.52. The second-order valence-electron chi connectivity index (χ2n) is 3.55. The van der Waals surface area contributed by atoms with Crippen LogP contribution in [0.25, 0.3) is 0 Å². The van der Waals surface area contributed by atoms with E-state index in [1.807, 2.05) is 6.07 Å². The van der Waals surface area contributed by atoms with Crippen molar-refractivity contribution in [1.82, 2.24) is 9.88 Å². The number of halogens is 1. The lowest BCUT2D eigenvalue weighted by atomic mass is 10.3. The molecule has 0 aliphatic carbocycles. The molecular weight excluding hydrogens is 254 g/mol. The molecule has 0 aliphatic rings. The third-order valence-electron chi connectivity index (χ3n) is 2.29. The predicted octanol–water partition coefficient (Wildman–Crippen LogP) is 1.74. The molecule has 96 valence electrons. The summed E-state index contributed by atoms with van der Waals surface area (Å²) in [6, 6.07) is 5.19. The number of carbonyl (C=O) groups is 1. The van der Waals surface area contributed by atoms with E-state index in [0.29, 0.717) is 30.4 Å². The van der Waals surface area contributed by atoms with E-state index in [9.17, 15) is 4.79 Å². The molecule has 0 fully saturated rings. The van der Waals surface area contributed by atoms with Crippen LogP contribution >= 0.6 is 11.6 Å². The van der Waals surface area contributed by atoms with Gasteiger partial charge in [0.15, 0.2) is 0 Å². The Morgan fingerprint density at radius 2 is 2.33 bits per heavy atom. The fourth-order valence-electron chi connectivity index (χ4n) is 1.37. The number of rotatable bonds is 6. The highest BCUT2D eigenvalue weighted by atomic mass is 35.5. The van der Waals surface area contributed by atoms with Crippen LogP contribution in [0.5, 0.6) is 0 Å². The molecule has 0 bridgehead atoms. The van der Waals surface area contributed by atoms with Crippen molar-refractivity contribution in [2.75, 3.05) is 26.8 Å². The highest BCUT2D eigenvalue weighted by Crippen LogP contribution is 2.08. The van der Waals surface area contributed by atoms with Crippen molar-refractivity contribution in [3.05, 3.63) is 29.0 Å². The SMILES string of the molecule is COCCN(CCC#N)C(=O)c1ccc(Cl)cn1. The molecule has 6 heteroatoms. The van der Waals surface area contributed by atoms with Crippen molar-refractivity contribution >= 4 is 17.5 Å². The van der Waals surface area contributed by atoms with Crippen molar-refractivity contribution in [2.24, 2.45) is 0 Å². The Bertz CT molecular complexity index is 428. The average Bonchev–Trinajstić information content (AvgIpc) is 2.39. The Morgan fingerprint density at radius 3 is 2.89 bits per heavy atom. The van der Waals surface area contributed by atoms with Gasteiger partial charge in [0.2, 0.25) is 0 Å². The summed E-state index contributed by atoms with van der Waals surface area (Å²) >= 11 is 5.71. The van der Waals surface area contributed by atoms with Gasteiger partial charge in [-0.3, -0.25) is 4.79 Å². The first-order chi connectivity index (χ1) is 8.69. The van der Waals surface area contributed by atoms with E-state index in [2.05, 4.69) is 4.98 Å². The number of hydrogen-bond donors (Lipinski definition) is 0. The van der Waals surface area contributed by atoms with Gasteiger partial charge in [0.05, 0.1) is 24.1 Å². The molecule has 0 saturated heterocycles. The molecule has 1 heterocycles. The Kier molecular flexibility index (Phi) is 6.12. The third kappa shape index (κ3) is 4.32. The lowest BCUT2D eigenvalue weighted by Crippen LogP contribution is -2.35. The van der Waals surface area contributed by atoms with Gasteiger partial charge in [-0.05, 0) is 12.1 Å². The number of nitriles is 1. The van der Waals surface area contributed by atoms with Crippen molar-refractivity contribution < 1.29 is 9.53 Å². The van der Waals surface area contributed by atoms with E-state index in [4.69, 9.17) is 21.6 Å². The van der Waals surface area contributed by atoms with Crippen LogP contribution in [0.2, 0.25) is 5.02 Å². The second kappa shape index (κ2) is 7.64. The number of ether oxygens (including phenoxy) is 1. The summed E-state index contributed by atoms with van der Waals surface area (Å²) in [5.74, 6) is -0.223. The van der Waals surface area contributed by atoms with E-state index in [1.165, 1.54) is 6.20 Å². The summed E-state index contributed by atoms with van der Waals surface area (Å²) in [4.78, 5) is 17.6. The van der Waals surface area contributed by atoms with Crippen LogP contribution in [0.15, 0.2) is 18.3 Å². The first kappa shape index (κ1) is 14.4. The predicted molar refractivity (Wildman–Crippen MR) is 67.3 cm³/mol. The summed E-state index contributed by atoms with van der Waals surface area (Å²) in [6.45, 7) is 1.22. The van der Waals surface area contributed by atoms with Crippen molar-refractivity contribution in [3.63, 3.8) is 0 Å². The Morgan fingerprint density at radius 1 is 1.56 bits per heavy atom. The van der Waals surface area contributed by atoms with Crippen LogP contribution in [-0.2, 0) is 4.74 Å². The number of pyridine rings is 1. The molecular formula is C12H14ClN3O2. The van der Waals surface area contributed by atoms with Gasteiger partial charge < -0.3 is 9.64 Å². The molecule has 0 atom stereocenters. The van der Waals surface area contributed by atoms with Crippen LogP contribution in [0.1, 0.15) is 16.9 Å². The van der Waals surface area contributed by atoms with Gasteiger partial charge in [0.1, 0.15) is 5.69 Å². The number of carbonyl (C=O) groups excluding carboxylic acids is 1. The smallest absolute Gasteiger partial charge is 0.272 e. The van der Waals surface area contributed by atoms with Crippen molar-refractivity contribution in [3.8, 4) is 6.07 Å². The minimum absolute atomic E-state index is 0.223. The van der Waals surface area contributed by atoms with Gasteiger partial charge in [-0.1, -0.05) is 11.6 Å². The molecule has 0 aromatic carbocycles. The van der Waals surface area contributed by atoms with E-state index in [-0.39, 0.29) is 12.3 Å². The Hall–Kier alpha value is -1.64. The minimum Gasteiger partial charge on any atom is -0.383 e. The van der Waals surface area contributed by atoms with Gasteiger partial charge >= 0.3 is 0 Å². The average molecular weight is 268 g/mol. The molecule has 1 aromatic heterocycles. The maximum atomic E-state index is 12.1. The molecule has 0 spiro atoms. The molecule has 0 radical (unpaired) electrons. The van der Waals surface area contributed by atoms with Gasteiger partial charge in [-0.25, -0.2) is 4.98 Å². The van der Waals surface area contributed by atoms with Crippen molar-refractivity contribution in [1.29, 1.82) is 5.26 Å². The topological polar surface area (TPSA) is 66.2 Å². The first-order valence-corrected chi connectivity index (χ1v) is 5.83. The number of hydrogen-bond acceptors (Lipinski definition) is 4. The number of aromatic nitrogens is 1. The molecule has 5 nitrogen and oxygen atoms in total. The minimum atomic E-state index is -0.223. The maximum Gasteiger partial charge on any atom is 0.272 e. The normalized spacial score (nSPS) is 9.83. The fourth-order valence-corrected chi connectivity index (χ4v) is 1.48. The zero-order valence-corrected chi connectivity index (χ0v) is 10.9. The number of methoxy groups -OCH3 is 1.